The molecular formula is C4H13NO14P4Zr. The quantitative estimate of drug-likeness (QED) is 0.207. The van der Waals surface area contributed by atoms with E-state index >= 15 is 0 Å². The van der Waals surface area contributed by atoms with E-state index in [-0.39, 0.29) is 26.2 Å². The zero-order valence-electron chi connectivity index (χ0n) is 11.4. The first kappa shape index (κ1) is 32.6. The fourth-order valence-corrected chi connectivity index (χ4v) is 2.46. The van der Waals surface area contributed by atoms with Crippen LogP contribution in [-0.4, -0.2) is 54.7 Å². The first-order valence-corrected chi connectivity index (χ1v) is 10.8. The minimum Gasteiger partial charge on any atom is -0.813 e. The average molecular weight is 514 g/mol. The van der Waals surface area contributed by atoms with Crippen LogP contribution in [0.25, 0.3) is 0 Å². The molecule has 0 aromatic rings. The Balaban J connectivity index is -0.000000186. The maximum Gasteiger partial charge on any atom is 4.00 e. The van der Waals surface area contributed by atoms with Crippen molar-refractivity contribution < 1.29 is 93.5 Å². The summed E-state index contributed by atoms with van der Waals surface area (Å²) in [6, 6.07) is 0. The third-order valence-electron chi connectivity index (χ3n) is 1.13. The first-order chi connectivity index (χ1) is 9.96. The molecule has 0 bridgehead atoms. The van der Waals surface area contributed by atoms with Gasteiger partial charge in [-0.05, 0) is 0 Å². The van der Waals surface area contributed by atoms with Gasteiger partial charge < -0.3 is 53.4 Å². The number of aliphatic carboxylic acids is 1. The van der Waals surface area contributed by atoms with Crippen LogP contribution < -0.4 is 19.6 Å². The van der Waals surface area contributed by atoms with Gasteiger partial charge in [-0.15, -0.1) is 0 Å². The van der Waals surface area contributed by atoms with Gasteiger partial charge in [0, 0.05) is 0 Å². The molecular weight excluding hydrogens is 501 g/mol. The van der Waals surface area contributed by atoms with Gasteiger partial charge >= 0.3 is 47.4 Å². The Morgan fingerprint density at radius 2 is 1.08 bits per heavy atom. The molecule has 0 radical (unpaired) electrons. The predicted molar refractivity (Wildman–Crippen MR) is 66.2 cm³/mol. The van der Waals surface area contributed by atoms with E-state index in [1.165, 1.54) is 0 Å². The van der Waals surface area contributed by atoms with Gasteiger partial charge in [0.25, 0.3) is 0 Å². The number of nitrogens with zero attached hydrogens (tertiary/aromatic N) is 1. The number of rotatable bonds is 6. The fraction of sp³-hybridized carbons (Fsp3) is 0.750. The average Bonchev–Trinajstić information content (AvgIpc) is 2.06. The Kier molecular flexibility index (Phi) is 21.9. The number of hydrogen-bond acceptors (Lipinski definition) is 10. The molecule has 5 N–H and O–H groups in total. The normalized spacial score (nSPS) is 11.1. The summed E-state index contributed by atoms with van der Waals surface area (Å²) in [5.74, 6) is -1.43. The van der Waals surface area contributed by atoms with Crippen molar-refractivity contribution in [2.75, 3.05) is 19.1 Å². The molecule has 20 heteroatoms. The summed E-state index contributed by atoms with van der Waals surface area (Å²) in [5.41, 5.74) is 0. The van der Waals surface area contributed by atoms with E-state index in [1.807, 2.05) is 0 Å². The fourth-order valence-electron chi connectivity index (χ4n) is 0.857. The monoisotopic (exact) mass is 513 g/mol. The second kappa shape index (κ2) is 16.1. The second-order valence-electron chi connectivity index (χ2n) is 3.33. The molecule has 0 saturated heterocycles. The van der Waals surface area contributed by atoms with Gasteiger partial charge in [0.1, 0.15) is 12.6 Å². The molecule has 0 aromatic carbocycles. The predicted octanol–water partition coefficient (Wildman–Crippen LogP) is -5.17. The van der Waals surface area contributed by atoms with Crippen LogP contribution in [0.1, 0.15) is 0 Å². The van der Waals surface area contributed by atoms with Crippen LogP contribution in [0.3, 0.4) is 0 Å². The molecule has 0 spiro atoms. The van der Waals surface area contributed by atoms with E-state index in [2.05, 4.69) is 0 Å². The molecule has 0 saturated carbocycles. The Hall–Kier alpha value is 0.913. The number of carboxylic acids is 1. The van der Waals surface area contributed by atoms with Gasteiger partial charge in [0.05, 0.1) is 6.54 Å². The smallest absolute Gasteiger partial charge is 0.813 e. The van der Waals surface area contributed by atoms with E-state index in [4.69, 9.17) is 53.4 Å². The molecule has 24 heavy (non-hydrogen) atoms. The standard InChI is InChI=1S/C4H11NO8P2.2H3O3P.Zr/c6-4(7)1-5(2-14(8,9)10)3-15(11,12)13;2*1-4(2)3;/h1-3H2,(H,6,7)(H2,8,9,10)(H2,11,12,13);2*4H,(H2,1,2,3);/q;;;+4/p-4. The molecule has 0 aromatic heterocycles. The van der Waals surface area contributed by atoms with Gasteiger partial charge in [0.2, 0.25) is 0 Å². The minimum absolute atomic E-state index is 0. The molecule has 0 amide bonds. The third kappa shape index (κ3) is 49.5. The Morgan fingerprint density at radius 1 is 0.875 bits per heavy atom. The SMILES string of the molecule is O=C(O)CN(CP(=O)(O)O)CP(=O)(O)O.O=[PH]([O-])[O-].O=[PH]([O-])[O-].[Zr+4]. The van der Waals surface area contributed by atoms with Crippen molar-refractivity contribution >= 4 is 37.7 Å². The van der Waals surface area contributed by atoms with Crippen LogP contribution in [-0.2, 0) is 49.3 Å². The van der Waals surface area contributed by atoms with Crippen molar-refractivity contribution in [2.24, 2.45) is 0 Å². The van der Waals surface area contributed by atoms with E-state index in [0.717, 1.165) is 0 Å². The van der Waals surface area contributed by atoms with Crippen LogP contribution in [0.5, 0.6) is 0 Å². The summed E-state index contributed by atoms with van der Waals surface area (Å²) in [6.07, 6.45) is -2.02. The molecule has 0 unspecified atom stereocenters. The van der Waals surface area contributed by atoms with E-state index < -0.39 is 56.8 Å². The van der Waals surface area contributed by atoms with Gasteiger partial charge in [-0.3, -0.25) is 18.8 Å². The molecule has 142 valence electrons. The summed E-state index contributed by atoms with van der Waals surface area (Å²) in [7, 11) is -16.3. The van der Waals surface area contributed by atoms with Crippen LogP contribution in [0.4, 0.5) is 0 Å². The zero-order chi connectivity index (χ0) is 19.4. The van der Waals surface area contributed by atoms with Crippen molar-refractivity contribution in [3.05, 3.63) is 0 Å². The molecule has 0 heterocycles. The topological polar surface area (TPSA) is 282 Å². The van der Waals surface area contributed by atoms with Crippen LogP contribution in [0, 0.1) is 0 Å². The van der Waals surface area contributed by atoms with E-state index in [0.29, 0.717) is 4.90 Å². The van der Waals surface area contributed by atoms with Crippen molar-refractivity contribution in [3.63, 3.8) is 0 Å². The van der Waals surface area contributed by atoms with Crippen LogP contribution >= 0.6 is 31.7 Å². The Bertz CT molecular complexity index is 441. The molecule has 0 aliphatic carbocycles. The maximum atomic E-state index is 10.5. The summed E-state index contributed by atoms with van der Waals surface area (Å²) in [5, 5.41) is 8.33. The van der Waals surface area contributed by atoms with Crippen molar-refractivity contribution in [2.45, 2.75) is 0 Å². The van der Waals surface area contributed by atoms with E-state index in [1.54, 1.807) is 0 Å². The zero-order valence-corrected chi connectivity index (χ0v) is 17.6. The van der Waals surface area contributed by atoms with Crippen LogP contribution in [0.2, 0.25) is 0 Å². The van der Waals surface area contributed by atoms with Crippen molar-refractivity contribution in [1.29, 1.82) is 0 Å². The third-order valence-corrected chi connectivity index (χ3v) is 2.66. The molecule has 0 rings (SSSR count). The molecule has 15 nitrogen and oxygen atoms in total. The van der Waals surface area contributed by atoms with Crippen LogP contribution in [0.15, 0.2) is 0 Å². The minimum atomic E-state index is -4.54. The Morgan fingerprint density at radius 3 is 1.21 bits per heavy atom. The Labute approximate surface area is 155 Å². The van der Waals surface area contributed by atoms with Gasteiger partial charge in [-0.1, -0.05) is 16.5 Å². The summed E-state index contributed by atoms with van der Waals surface area (Å²) in [6.45, 7) is -0.851. The van der Waals surface area contributed by atoms with E-state index in [9.17, 15) is 13.9 Å². The number of hydrogen-bond donors (Lipinski definition) is 5. The molecule has 0 atom stereocenters. The molecule has 0 aliphatic rings. The number of carboxylic acid groups (broad SMARTS) is 1. The largest absolute Gasteiger partial charge is 4.00 e. The first-order valence-electron chi connectivity index (χ1n) is 4.75. The van der Waals surface area contributed by atoms with Gasteiger partial charge in [0.15, 0.2) is 0 Å². The van der Waals surface area contributed by atoms with Crippen molar-refractivity contribution in [1.82, 2.24) is 4.90 Å². The van der Waals surface area contributed by atoms with Crippen molar-refractivity contribution in [3.8, 4) is 0 Å². The molecule has 0 aliphatic heterocycles. The second-order valence-corrected chi connectivity index (χ2v) is 7.56. The summed E-state index contributed by atoms with van der Waals surface area (Å²) < 4.78 is 38.1. The summed E-state index contributed by atoms with van der Waals surface area (Å²) in [4.78, 5) is 78.9. The number of carbonyl (C=O) groups is 1. The molecule has 0 fully saturated rings. The van der Waals surface area contributed by atoms with Gasteiger partial charge in [-0.2, -0.15) is 0 Å². The summed E-state index contributed by atoms with van der Waals surface area (Å²) >= 11 is 0. The van der Waals surface area contributed by atoms with Gasteiger partial charge in [-0.25, -0.2) is 0 Å². The maximum absolute atomic E-state index is 10.5.